The lowest BCUT2D eigenvalue weighted by atomic mass is 9.49. The van der Waals surface area contributed by atoms with Gasteiger partial charge in [-0.1, -0.05) is 54.4 Å². The Balaban J connectivity index is 1.11. The molecule has 0 N–H and O–H groups in total. The fourth-order valence-electron chi connectivity index (χ4n) is 14.0. The van der Waals surface area contributed by atoms with Gasteiger partial charge in [0.2, 0.25) is 0 Å². The highest BCUT2D eigenvalue weighted by Gasteiger charge is 2.74. The third-order valence-corrected chi connectivity index (χ3v) is 15.8. The first-order chi connectivity index (χ1) is 20.9. The van der Waals surface area contributed by atoms with Crippen molar-refractivity contribution in [2.45, 2.75) is 118 Å². The summed E-state index contributed by atoms with van der Waals surface area (Å²) >= 11 is 0. The number of esters is 3. The molecule has 0 aromatic heterocycles. The van der Waals surface area contributed by atoms with E-state index in [2.05, 4.69) is 41.5 Å². The highest BCUT2D eigenvalue weighted by Crippen LogP contribution is 2.77. The zero-order valence-corrected chi connectivity index (χ0v) is 28.0. The summed E-state index contributed by atoms with van der Waals surface area (Å²) in [5.74, 6) is 4.92. The highest BCUT2D eigenvalue weighted by atomic mass is 16.6. The van der Waals surface area contributed by atoms with Crippen LogP contribution in [0.15, 0.2) is 0 Å². The Kier molecular flexibility index (Phi) is 6.91. The molecule has 9 rings (SSSR count). The average molecular weight is 609 g/mol. The third-order valence-electron chi connectivity index (χ3n) is 15.8. The average Bonchev–Trinajstić information content (AvgIpc) is 3.79. The van der Waals surface area contributed by atoms with Gasteiger partial charge in [0.1, 0.15) is 18.8 Å². The minimum absolute atomic E-state index is 0.0317. The highest BCUT2D eigenvalue weighted by molar-refractivity contribution is 5.84. The lowest BCUT2D eigenvalue weighted by molar-refractivity contribution is -0.188. The van der Waals surface area contributed by atoms with Crippen molar-refractivity contribution in [3.05, 3.63) is 0 Å². The van der Waals surface area contributed by atoms with Crippen LogP contribution in [-0.4, -0.2) is 36.7 Å². The van der Waals surface area contributed by atoms with Gasteiger partial charge < -0.3 is 14.2 Å². The third kappa shape index (κ3) is 4.26. The summed E-state index contributed by atoms with van der Waals surface area (Å²) in [5, 5.41) is 0. The van der Waals surface area contributed by atoms with E-state index < -0.39 is 17.9 Å². The molecule has 44 heavy (non-hydrogen) atoms. The van der Waals surface area contributed by atoms with Crippen LogP contribution in [0, 0.1) is 93.7 Å². The molecule has 1 saturated heterocycles. The number of carbonyl (C=O) groups excluding carboxylic acids is 3. The quantitative estimate of drug-likeness (QED) is 0.166. The maximum atomic E-state index is 14.5. The SMILES string of the molecule is CCC(C)(C)C1C2CC(C3C4CC(C(C(=O)OC5COC(=O)C5)C4C(=O)OC4C5CC6CC(C5)CC4C6)C23)C1C(C)(C)CC. The minimum Gasteiger partial charge on any atom is -0.462 e. The second kappa shape index (κ2) is 10.2. The molecule has 1 aliphatic heterocycles. The molecule has 8 bridgehead atoms. The fraction of sp³-hybridized carbons (Fsp3) is 0.921. The Bertz CT molecular complexity index is 1180. The van der Waals surface area contributed by atoms with Crippen LogP contribution in [0.25, 0.3) is 0 Å². The second-order valence-electron chi connectivity index (χ2n) is 18.3. The number of cyclic esters (lactones) is 1. The Morgan fingerprint density at radius 3 is 1.64 bits per heavy atom. The molecule has 0 spiro atoms. The van der Waals surface area contributed by atoms with Gasteiger partial charge in [0, 0.05) is 0 Å². The van der Waals surface area contributed by atoms with Gasteiger partial charge >= 0.3 is 17.9 Å². The minimum atomic E-state index is -0.535. The Labute approximate surface area is 264 Å². The van der Waals surface area contributed by atoms with E-state index in [1.807, 2.05) is 0 Å². The van der Waals surface area contributed by atoms with Gasteiger partial charge in [-0.05, 0) is 127 Å². The van der Waals surface area contributed by atoms with Crippen molar-refractivity contribution in [3.63, 3.8) is 0 Å². The Morgan fingerprint density at radius 1 is 0.705 bits per heavy atom. The molecule has 9 fully saturated rings. The molecule has 0 radical (unpaired) electrons. The number of fused-ring (bicyclic) bond motifs is 9. The summed E-state index contributed by atoms with van der Waals surface area (Å²) in [7, 11) is 0. The first-order valence-corrected chi connectivity index (χ1v) is 18.5. The van der Waals surface area contributed by atoms with E-state index in [4.69, 9.17) is 14.2 Å². The van der Waals surface area contributed by atoms with Crippen LogP contribution in [0.5, 0.6) is 0 Å². The standard InChI is InChI=1S/C38H56O6/c1-7-37(3,4)32-25-16-26(33(32)38(5,6)8-2)29-24-15-23(28(25)29)30(35(40)43-22-14-27(39)42-17-22)31(24)36(41)44-34-20-10-18-9-19(12-20)13-21(34)11-18/h18-26,28-34H,7-17H2,1-6H3. The Hall–Kier alpha value is -1.59. The van der Waals surface area contributed by atoms with Crippen molar-refractivity contribution in [1.29, 1.82) is 0 Å². The van der Waals surface area contributed by atoms with E-state index >= 15 is 0 Å². The zero-order valence-electron chi connectivity index (χ0n) is 28.0. The maximum absolute atomic E-state index is 14.5. The summed E-state index contributed by atoms with van der Waals surface area (Å²) in [6.45, 7) is 14.8. The topological polar surface area (TPSA) is 78.9 Å². The summed E-state index contributed by atoms with van der Waals surface area (Å²) in [6, 6.07) is 0. The van der Waals surface area contributed by atoms with E-state index in [0.29, 0.717) is 47.3 Å². The number of rotatable bonds is 8. The zero-order chi connectivity index (χ0) is 30.9. The van der Waals surface area contributed by atoms with E-state index in [9.17, 15) is 14.4 Å². The van der Waals surface area contributed by atoms with E-state index in [1.165, 1.54) is 38.5 Å². The van der Waals surface area contributed by atoms with Crippen LogP contribution in [0.4, 0.5) is 0 Å². The monoisotopic (exact) mass is 608 g/mol. The van der Waals surface area contributed by atoms with Gasteiger partial charge in [-0.25, -0.2) is 0 Å². The number of hydrogen-bond donors (Lipinski definition) is 0. The molecular formula is C38H56O6. The number of carbonyl (C=O) groups is 3. The van der Waals surface area contributed by atoms with Gasteiger partial charge in [-0.3, -0.25) is 14.4 Å². The molecule has 0 aromatic rings. The molecule has 6 nitrogen and oxygen atoms in total. The molecule has 8 aliphatic carbocycles. The lowest BCUT2D eigenvalue weighted by Crippen LogP contribution is -2.54. The molecule has 9 aliphatic rings. The van der Waals surface area contributed by atoms with Gasteiger partial charge in [0.25, 0.3) is 0 Å². The summed E-state index contributed by atoms with van der Waals surface area (Å²) in [6.07, 6.45) is 10.3. The van der Waals surface area contributed by atoms with Gasteiger partial charge in [-0.15, -0.1) is 0 Å². The number of ether oxygens (including phenoxy) is 3. The predicted molar refractivity (Wildman–Crippen MR) is 165 cm³/mol. The predicted octanol–water partition coefficient (Wildman–Crippen LogP) is 7.08. The van der Waals surface area contributed by atoms with Crippen molar-refractivity contribution in [3.8, 4) is 0 Å². The van der Waals surface area contributed by atoms with Crippen LogP contribution in [0.1, 0.15) is 106 Å². The first-order valence-electron chi connectivity index (χ1n) is 18.5. The first kappa shape index (κ1) is 29.8. The smallest absolute Gasteiger partial charge is 0.310 e. The van der Waals surface area contributed by atoms with Crippen molar-refractivity contribution in [1.82, 2.24) is 0 Å². The van der Waals surface area contributed by atoms with Crippen LogP contribution < -0.4 is 0 Å². The van der Waals surface area contributed by atoms with Crippen LogP contribution in [0.2, 0.25) is 0 Å². The second-order valence-corrected chi connectivity index (χ2v) is 18.3. The van der Waals surface area contributed by atoms with E-state index in [-0.39, 0.29) is 59.7 Å². The molecule has 244 valence electrons. The fourth-order valence-corrected chi connectivity index (χ4v) is 14.0. The van der Waals surface area contributed by atoms with Crippen LogP contribution in [-0.2, 0) is 28.6 Å². The van der Waals surface area contributed by atoms with Crippen LogP contribution in [0.3, 0.4) is 0 Å². The molecular weight excluding hydrogens is 552 g/mol. The molecule has 11 unspecified atom stereocenters. The molecule has 0 amide bonds. The van der Waals surface area contributed by atoms with E-state index in [1.54, 1.807) is 0 Å². The van der Waals surface area contributed by atoms with Crippen molar-refractivity contribution < 1.29 is 28.6 Å². The van der Waals surface area contributed by atoms with E-state index in [0.717, 1.165) is 31.1 Å². The van der Waals surface area contributed by atoms with Gasteiger partial charge in [0.05, 0.1) is 18.3 Å². The van der Waals surface area contributed by atoms with Crippen LogP contribution >= 0.6 is 0 Å². The maximum Gasteiger partial charge on any atom is 0.310 e. The van der Waals surface area contributed by atoms with Gasteiger partial charge in [-0.2, -0.15) is 0 Å². The van der Waals surface area contributed by atoms with Gasteiger partial charge in [0.15, 0.2) is 0 Å². The summed E-state index contributed by atoms with van der Waals surface area (Å²) in [5.41, 5.74) is 0.478. The summed E-state index contributed by atoms with van der Waals surface area (Å²) in [4.78, 5) is 40.5. The Morgan fingerprint density at radius 2 is 1.18 bits per heavy atom. The summed E-state index contributed by atoms with van der Waals surface area (Å²) < 4.78 is 17.8. The van der Waals surface area contributed by atoms with Crippen molar-refractivity contribution >= 4 is 17.9 Å². The molecule has 11 atom stereocenters. The molecule has 8 saturated carbocycles. The molecule has 0 aromatic carbocycles. The molecule has 1 heterocycles. The largest absolute Gasteiger partial charge is 0.462 e. The molecule has 6 heteroatoms. The lowest BCUT2D eigenvalue weighted by Gasteiger charge is -2.55. The van der Waals surface area contributed by atoms with Crippen molar-refractivity contribution in [2.75, 3.05) is 6.61 Å². The van der Waals surface area contributed by atoms with Crippen molar-refractivity contribution in [2.24, 2.45) is 93.7 Å². The number of hydrogen-bond acceptors (Lipinski definition) is 6. The normalized spacial score (nSPS) is 49.8.